The molecule has 0 aliphatic heterocycles. The minimum Gasteiger partial charge on any atom is -0.462 e. The van der Waals surface area contributed by atoms with Crippen molar-refractivity contribution in [3.8, 4) is 11.1 Å². The molecule has 0 radical (unpaired) electrons. The fraction of sp³-hybridized carbons (Fsp3) is 0.238. The van der Waals surface area contributed by atoms with E-state index in [0.29, 0.717) is 28.9 Å². The molecule has 0 fully saturated rings. The number of benzene rings is 2. The van der Waals surface area contributed by atoms with Crippen LogP contribution in [0.4, 0.5) is 5.69 Å². The number of ether oxygens (including phenoxy) is 1. The van der Waals surface area contributed by atoms with E-state index in [0.717, 1.165) is 16.6 Å². The Balaban J connectivity index is 2.06. The largest absolute Gasteiger partial charge is 0.462 e. The van der Waals surface area contributed by atoms with Crippen LogP contribution in [0.15, 0.2) is 51.7 Å². The molecule has 26 heavy (non-hydrogen) atoms. The number of esters is 1. The maximum absolute atomic E-state index is 12.5. The smallest absolute Gasteiger partial charge is 0.344 e. The summed E-state index contributed by atoms with van der Waals surface area (Å²) in [4.78, 5) is 26.4. The molecule has 0 unspecified atom stereocenters. The van der Waals surface area contributed by atoms with Crippen molar-refractivity contribution in [1.82, 2.24) is 0 Å². The Morgan fingerprint density at radius 2 is 1.88 bits per heavy atom. The predicted octanol–water partition coefficient (Wildman–Crippen LogP) is 4.01. The van der Waals surface area contributed by atoms with E-state index in [1.54, 1.807) is 25.1 Å². The van der Waals surface area contributed by atoms with Crippen LogP contribution in [0.3, 0.4) is 0 Å². The molecule has 0 saturated heterocycles. The molecule has 5 nitrogen and oxygen atoms in total. The van der Waals surface area contributed by atoms with E-state index in [1.165, 1.54) is 0 Å². The lowest BCUT2D eigenvalue weighted by molar-refractivity contribution is 0.0525. The molecular weight excluding hydrogens is 330 g/mol. The summed E-state index contributed by atoms with van der Waals surface area (Å²) in [5.41, 5.74) is 3.53. The van der Waals surface area contributed by atoms with Crippen LogP contribution >= 0.6 is 0 Å². The van der Waals surface area contributed by atoms with Crippen molar-refractivity contribution in [1.29, 1.82) is 0 Å². The Kier molecular flexibility index (Phi) is 4.80. The highest BCUT2D eigenvalue weighted by molar-refractivity contribution is 5.92. The average Bonchev–Trinajstić information content (AvgIpc) is 2.60. The number of aryl methyl sites for hydroxylation is 1. The third-order valence-corrected chi connectivity index (χ3v) is 4.27. The van der Waals surface area contributed by atoms with Gasteiger partial charge in [-0.2, -0.15) is 0 Å². The van der Waals surface area contributed by atoms with Gasteiger partial charge in [0.2, 0.25) is 0 Å². The highest BCUT2D eigenvalue weighted by atomic mass is 16.5. The van der Waals surface area contributed by atoms with Gasteiger partial charge in [0.25, 0.3) is 0 Å². The van der Waals surface area contributed by atoms with Gasteiger partial charge in [0.05, 0.1) is 17.7 Å². The zero-order chi connectivity index (χ0) is 18.8. The van der Waals surface area contributed by atoms with E-state index in [1.807, 2.05) is 50.2 Å². The Morgan fingerprint density at radius 3 is 2.54 bits per heavy atom. The number of hydrogen-bond acceptors (Lipinski definition) is 5. The molecule has 3 aromatic rings. The first-order valence-corrected chi connectivity index (χ1v) is 8.44. The summed E-state index contributed by atoms with van der Waals surface area (Å²) in [6.45, 7) is 3.91. The van der Waals surface area contributed by atoms with Gasteiger partial charge in [-0.3, -0.25) is 0 Å². The molecule has 3 rings (SSSR count). The average molecular weight is 351 g/mol. The van der Waals surface area contributed by atoms with Crippen LogP contribution in [0.1, 0.15) is 22.8 Å². The molecule has 0 atom stereocenters. The third-order valence-electron chi connectivity index (χ3n) is 4.27. The maximum atomic E-state index is 12.5. The van der Waals surface area contributed by atoms with Crippen LogP contribution in [0.25, 0.3) is 22.1 Å². The van der Waals surface area contributed by atoms with Crippen LogP contribution in [-0.4, -0.2) is 26.7 Å². The summed E-state index contributed by atoms with van der Waals surface area (Å²) >= 11 is 0. The Bertz CT molecular complexity index is 1030. The number of rotatable bonds is 4. The number of fused-ring (bicyclic) bond motifs is 1. The standard InChI is InChI=1S/C21H21NO4/c1-5-25-20(23)17-9-7-14(10-13(17)2)18-11-15-6-8-16(22(3)4)12-19(15)26-21(18)24/h6-12H,5H2,1-4H3. The Labute approximate surface area is 151 Å². The zero-order valence-corrected chi connectivity index (χ0v) is 15.3. The minimum absolute atomic E-state index is 0.323. The van der Waals surface area contributed by atoms with Crippen LogP contribution in [0.2, 0.25) is 0 Å². The molecule has 0 aliphatic carbocycles. The second-order valence-electron chi connectivity index (χ2n) is 6.31. The number of carbonyl (C=O) groups excluding carboxylic acids is 1. The third kappa shape index (κ3) is 3.33. The summed E-state index contributed by atoms with van der Waals surface area (Å²) in [7, 11) is 3.86. The lowest BCUT2D eigenvalue weighted by Gasteiger charge is -2.13. The van der Waals surface area contributed by atoms with Crippen LogP contribution in [0.5, 0.6) is 0 Å². The second-order valence-corrected chi connectivity index (χ2v) is 6.31. The van der Waals surface area contributed by atoms with Crippen LogP contribution in [0, 0.1) is 6.92 Å². The second kappa shape index (κ2) is 7.04. The maximum Gasteiger partial charge on any atom is 0.344 e. The van der Waals surface area contributed by atoms with Crippen molar-refractivity contribution in [3.05, 3.63) is 64.0 Å². The summed E-state index contributed by atoms with van der Waals surface area (Å²) in [5.74, 6) is -0.363. The van der Waals surface area contributed by atoms with E-state index in [4.69, 9.17) is 9.15 Å². The van der Waals surface area contributed by atoms with Gasteiger partial charge in [-0.1, -0.05) is 12.1 Å². The Morgan fingerprint density at radius 1 is 1.12 bits per heavy atom. The van der Waals surface area contributed by atoms with Gasteiger partial charge in [0.1, 0.15) is 5.58 Å². The summed E-state index contributed by atoms with van der Waals surface area (Å²) in [5, 5.41) is 0.845. The summed E-state index contributed by atoms with van der Waals surface area (Å²) in [6.07, 6.45) is 0. The summed E-state index contributed by atoms with van der Waals surface area (Å²) in [6, 6.07) is 12.8. The molecule has 0 bridgehead atoms. The normalized spacial score (nSPS) is 10.8. The van der Waals surface area contributed by atoms with Gasteiger partial charge in [-0.05, 0) is 49.2 Å². The van der Waals surface area contributed by atoms with Crippen molar-refractivity contribution in [2.24, 2.45) is 0 Å². The molecule has 5 heteroatoms. The predicted molar refractivity (Wildman–Crippen MR) is 103 cm³/mol. The molecular formula is C21H21NO4. The number of hydrogen-bond donors (Lipinski definition) is 0. The number of carbonyl (C=O) groups is 1. The van der Waals surface area contributed by atoms with E-state index >= 15 is 0 Å². The SMILES string of the molecule is CCOC(=O)c1ccc(-c2cc3ccc(N(C)C)cc3oc2=O)cc1C. The van der Waals surface area contributed by atoms with Gasteiger partial charge in [0, 0.05) is 31.2 Å². The van der Waals surface area contributed by atoms with Gasteiger partial charge in [-0.15, -0.1) is 0 Å². The lowest BCUT2D eigenvalue weighted by atomic mass is 10.00. The molecule has 1 aromatic heterocycles. The van der Waals surface area contributed by atoms with Gasteiger partial charge >= 0.3 is 11.6 Å². The van der Waals surface area contributed by atoms with E-state index in [9.17, 15) is 9.59 Å². The van der Waals surface area contributed by atoms with Crippen molar-refractivity contribution < 1.29 is 13.9 Å². The molecule has 0 amide bonds. The monoisotopic (exact) mass is 351 g/mol. The number of anilines is 1. The van der Waals surface area contributed by atoms with E-state index < -0.39 is 5.63 Å². The first-order valence-electron chi connectivity index (χ1n) is 8.44. The fourth-order valence-corrected chi connectivity index (χ4v) is 2.85. The minimum atomic E-state index is -0.406. The van der Waals surface area contributed by atoms with E-state index in [2.05, 4.69) is 0 Å². The van der Waals surface area contributed by atoms with Crippen molar-refractivity contribution in [3.63, 3.8) is 0 Å². The van der Waals surface area contributed by atoms with Crippen LogP contribution < -0.4 is 10.5 Å². The highest BCUT2D eigenvalue weighted by Gasteiger charge is 2.14. The first-order chi connectivity index (χ1) is 12.4. The zero-order valence-electron chi connectivity index (χ0n) is 15.3. The summed E-state index contributed by atoms with van der Waals surface area (Å²) < 4.78 is 10.6. The van der Waals surface area contributed by atoms with Gasteiger partial charge in [0.15, 0.2) is 0 Å². The molecule has 134 valence electrons. The van der Waals surface area contributed by atoms with Crippen molar-refractivity contribution >= 4 is 22.6 Å². The quantitative estimate of drug-likeness (QED) is 0.525. The lowest BCUT2D eigenvalue weighted by Crippen LogP contribution is -2.09. The van der Waals surface area contributed by atoms with Crippen molar-refractivity contribution in [2.45, 2.75) is 13.8 Å². The molecule has 2 aromatic carbocycles. The van der Waals surface area contributed by atoms with Gasteiger partial charge in [-0.25, -0.2) is 9.59 Å². The fourth-order valence-electron chi connectivity index (χ4n) is 2.85. The molecule has 0 aliphatic rings. The molecule has 0 N–H and O–H groups in total. The van der Waals surface area contributed by atoms with Crippen molar-refractivity contribution in [2.75, 3.05) is 25.6 Å². The number of nitrogens with zero attached hydrogens (tertiary/aromatic N) is 1. The van der Waals surface area contributed by atoms with E-state index in [-0.39, 0.29) is 5.97 Å². The van der Waals surface area contributed by atoms with Crippen LogP contribution in [-0.2, 0) is 4.74 Å². The highest BCUT2D eigenvalue weighted by Crippen LogP contribution is 2.26. The molecule has 0 saturated carbocycles. The molecule has 0 spiro atoms. The topological polar surface area (TPSA) is 59.8 Å². The molecule has 1 heterocycles. The van der Waals surface area contributed by atoms with Gasteiger partial charge < -0.3 is 14.1 Å². The first kappa shape index (κ1) is 17.7. The Hall–Kier alpha value is -3.08.